The average Bonchev–Trinajstić information content (AvgIpc) is 3.30. The summed E-state index contributed by atoms with van der Waals surface area (Å²) in [5.74, 6) is 0.674. The van der Waals surface area contributed by atoms with E-state index in [2.05, 4.69) is 10.3 Å². The van der Waals surface area contributed by atoms with E-state index in [-0.39, 0.29) is 48.9 Å². The first-order chi connectivity index (χ1) is 17.2. The fourth-order valence-electron chi connectivity index (χ4n) is 3.81. The lowest BCUT2D eigenvalue weighted by molar-refractivity contribution is -0.121. The number of fused-ring (bicyclic) bond motifs is 1. The highest BCUT2D eigenvalue weighted by Gasteiger charge is 2.28. The number of aryl methyl sites for hydroxylation is 2. The van der Waals surface area contributed by atoms with Crippen LogP contribution in [0.25, 0.3) is 0 Å². The van der Waals surface area contributed by atoms with Crippen molar-refractivity contribution in [1.82, 2.24) is 10.3 Å². The van der Waals surface area contributed by atoms with Gasteiger partial charge in [0, 0.05) is 12.1 Å². The highest BCUT2D eigenvalue weighted by molar-refractivity contribution is 6.02. The Morgan fingerprint density at radius 2 is 1.89 bits per heavy atom. The standard InChI is InChI=1S/C27H29N3O6/c1-16(2)11-28-27(33)21-13-36-25(29-21)12-30-22-10-19(5-6-24(22)35-15-26(30)32)23(31)14-34-20-8-17(3)7-18(4)9-20/h5-10,13,16H,11-12,14-15H2,1-4H3,(H,28,33). The zero-order valence-electron chi connectivity index (χ0n) is 20.8. The van der Waals surface area contributed by atoms with Gasteiger partial charge in [-0.1, -0.05) is 19.9 Å². The molecule has 0 radical (unpaired) electrons. The van der Waals surface area contributed by atoms with E-state index in [9.17, 15) is 14.4 Å². The average molecular weight is 492 g/mol. The fraction of sp³-hybridized carbons (Fsp3) is 0.333. The van der Waals surface area contributed by atoms with Crippen LogP contribution in [-0.4, -0.2) is 42.3 Å². The van der Waals surface area contributed by atoms with Gasteiger partial charge in [0.15, 0.2) is 24.7 Å². The smallest absolute Gasteiger partial charge is 0.273 e. The number of Topliss-reactive ketones (excluding diaryl/α,β-unsaturated/α-hetero) is 1. The van der Waals surface area contributed by atoms with Crippen molar-refractivity contribution >= 4 is 23.3 Å². The van der Waals surface area contributed by atoms with Crippen LogP contribution in [0.3, 0.4) is 0 Å². The number of ether oxygens (including phenoxy) is 2. The minimum Gasteiger partial charge on any atom is -0.485 e. The van der Waals surface area contributed by atoms with E-state index in [4.69, 9.17) is 13.9 Å². The second-order valence-electron chi connectivity index (χ2n) is 9.22. The number of rotatable bonds is 9. The number of nitrogens with zero attached hydrogens (tertiary/aromatic N) is 2. The largest absolute Gasteiger partial charge is 0.485 e. The number of oxazole rings is 1. The molecular weight excluding hydrogens is 462 g/mol. The van der Waals surface area contributed by atoms with Gasteiger partial charge < -0.3 is 19.2 Å². The van der Waals surface area contributed by atoms with Gasteiger partial charge in [-0.05, 0) is 61.2 Å². The molecule has 188 valence electrons. The second-order valence-corrected chi connectivity index (χ2v) is 9.22. The molecule has 0 fully saturated rings. The molecule has 4 rings (SSSR count). The molecule has 1 aliphatic rings. The Morgan fingerprint density at radius 3 is 2.61 bits per heavy atom. The monoisotopic (exact) mass is 491 g/mol. The molecule has 0 saturated heterocycles. The number of carbonyl (C=O) groups is 3. The summed E-state index contributed by atoms with van der Waals surface area (Å²) in [6.45, 7) is 8.11. The molecule has 3 aromatic rings. The van der Waals surface area contributed by atoms with Gasteiger partial charge in [0.05, 0.1) is 5.69 Å². The molecule has 9 heteroatoms. The van der Waals surface area contributed by atoms with Crippen LogP contribution < -0.4 is 19.7 Å². The highest BCUT2D eigenvalue weighted by Crippen LogP contribution is 2.34. The molecule has 0 aliphatic carbocycles. The first-order valence-electron chi connectivity index (χ1n) is 11.7. The summed E-state index contributed by atoms with van der Waals surface area (Å²) >= 11 is 0. The molecule has 1 N–H and O–H groups in total. The number of amides is 2. The lowest BCUT2D eigenvalue weighted by Gasteiger charge is -2.28. The SMILES string of the molecule is Cc1cc(C)cc(OCC(=O)c2ccc3c(c2)N(Cc2nc(C(=O)NCC(C)C)co2)C(=O)CO3)c1. The van der Waals surface area contributed by atoms with Crippen molar-refractivity contribution in [3.8, 4) is 11.5 Å². The second kappa shape index (κ2) is 10.6. The van der Waals surface area contributed by atoms with E-state index in [1.807, 2.05) is 45.9 Å². The van der Waals surface area contributed by atoms with Gasteiger partial charge >= 0.3 is 0 Å². The maximum atomic E-state index is 12.9. The quantitative estimate of drug-likeness (QED) is 0.453. The van der Waals surface area contributed by atoms with Gasteiger partial charge in [0.2, 0.25) is 5.89 Å². The molecule has 9 nitrogen and oxygen atoms in total. The zero-order valence-corrected chi connectivity index (χ0v) is 20.8. The van der Waals surface area contributed by atoms with Crippen LogP contribution in [0.15, 0.2) is 47.1 Å². The van der Waals surface area contributed by atoms with Crippen LogP contribution in [0.2, 0.25) is 0 Å². The van der Waals surface area contributed by atoms with Crippen LogP contribution in [0.5, 0.6) is 11.5 Å². The number of hydrogen-bond donors (Lipinski definition) is 1. The van der Waals surface area contributed by atoms with Crippen LogP contribution in [0.4, 0.5) is 5.69 Å². The van der Waals surface area contributed by atoms with Crippen molar-refractivity contribution < 1.29 is 28.3 Å². The summed E-state index contributed by atoms with van der Waals surface area (Å²) < 4.78 is 16.7. The molecular formula is C27H29N3O6. The minimum atomic E-state index is -0.343. The Balaban J connectivity index is 1.48. The molecule has 1 aliphatic heterocycles. The maximum absolute atomic E-state index is 12.9. The molecule has 0 bridgehead atoms. The summed E-state index contributed by atoms with van der Waals surface area (Å²) in [6, 6.07) is 10.7. The number of aromatic nitrogens is 1. The first-order valence-corrected chi connectivity index (χ1v) is 11.7. The molecule has 2 amide bonds. The normalized spacial score (nSPS) is 12.8. The Kier molecular flexibility index (Phi) is 7.38. The topological polar surface area (TPSA) is 111 Å². The van der Waals surface area contributed by atoms with Crippen molar-refractivity contribution in [2.24, 2.45) is 5.92 Å². The lowest BCUT2D eigenvalue weighted by atomic mass is 10.1. The van der Waals surface area contributed by atoms with Crippen LogP contribution in [0, 0.1) is 19.8 Å². The van der Waals surface area contributed by atoms with E-state index in [1.165, 1.54) is 11.2 Å². The summed E-state index contributed by atoms with van der Waals surface area (Å²) in [5.41, 5.74) is 3.03. The molecule has 2 heterocycles. The zero-order chi connectivity index (χ0) is 25.8. The summed E-state index contributed by atoms with van der Waals surface area (Å²) in [5, 5.41) is 2.78. The van der Waals surface area contributed by atoms with Gasteiger partial charge in [-0.15, -0.1) is 0 Å². The number of nitrogens with one attached hydrogen (secondary N) is 1. The molecule has 2 aromatic carbocycles. The highest BCUT2D eigenvalue weighted by atomic mass is 16.5. The predicted octanol–water partition coefficient (Wildman–Crippen LogP) is 3.86. The van der Waals surface area contributed by atoms with E-state index < -0.39 is 0 Å². The minimum absolute atomic E-state index is 0.0105. The van der Waals surface area contributed by atoms with E-state index in [1.54, 1.807) is 18.2 Å². The number of anilines is 1. The predicted molar refractivity (Wildman–Crippen MR) is 133 cm³/mol. The van der Waals surface area contributed by atoms with Gasteiger partial charge in [0.25, 0.3) is 11.8 Å². The molecule has 0 unspecified atom stereocenters. The Bertz CT molecular complexity index is 1280. The molecule has 0 saturated carbocycles. The molecule has 1 aromatic heterocycles. The molecule has 0 atom stereocenters. The number of benzene rings is 2. The third-order valence-electron chi connectivity index (χ3n) is 5.54. The van der Waals surface area contributed by atoms with Gasteiger partial charge in [-0.2, -0.15) is 0 Å². The summed E-state index contributed by atoms with van der Waals surface area (Å²) in [7, 11) is 0. The first kappa shape index (κ1) is 25.0. The Morgan fingerprint density at radius 1 is 1.14 bits per heavy atom. The van der Waals surface area contributed by atoms with Crippen molar-refractivity contribution in [2.45, 2.75) is 34.2 Å². The lowest BCUT2D eigenvalue weighted by Crippen LogP contribution is -2.38. The molecule has 36 heavy (non-hydrogen) atoms. The van der Waals surface area contributed by atoms with Crippen molar-refractivity contribution in [3.05, 3.63) is 70.9 Å². The van der Waals surface area contributed by atoms with E-state index in [0.717, 1.165) is 11.1 Å². The Hall–Kier alpha value is -4.14. The number of carbonyl (C=O) groups excluding carboxylic acids is 3. The summed E-state index contributed by atoms with van der Waals surface area (Å²) in [4.78, 5) is 43.5. The molecule has 0 spiro atoms. The van der Waals surface area contributed by atoms with Crippen LogP contribution >= 0.6 is 0 Å². The van der Waals surface area contributed by atoms with E-state index >= 15 is 0 Å². The Labute approximate surface area is 209 Å². The van der Waals surface area contributed by atoms with Gasteiger partial charge in [-0.3, -0.25) is 19.3 Å². The van der Waals surface area contributed by atoms with Crippen LogP contribution in [0.1, 0.15) is 51.7 Å². The van der Waals surface area contributed by atoms with Crippen molar-refractivity contribution in [2.75, 3.05) is 24.7 Å². The van der Waals surface area contributed by atoms with Crippen molar-refractivity contribution in [1.29, 1.82) is 0 Å². The third kappa shape index (κ3) is 5.91. The maximum Gasteiger partial charge on any atom is 0.273 e. The number of hydrogen-bond acceptors (Lipinski definition) is 7. The third-order valence-corrected chi connectivity index (χ3v) is 5.54. The van der Waals surface area contributed by atoms with Crippen molar-refractivity contribution in [3.63, 3.8) is 0 Å². The van der Waals surface area contributed by atoms with Crippen LogP contribution in [-0.2, 0) is 11.3 Å². The van der Waals surface area contributed by atoms with Gasteiger partial charge in [0.1, 0.15) is 24.3 Å². The van der Waals surface area contributed by atoms with Gasteiger partial charge in [-0.25, -0.2) is 4.98 Å². The summed E-state index contributed by atoms with van der Waals surface area (Å²) in [6.07, 6.45) is 1.27. The number of ketones is 1. The van der Waals surface area contributed by atoms with E-state index in [0.29, 0.717) is 35.2 Å². The fourth-order valence-corrected chi connectivity index (χ4v) is 3.81.